The van der Waals surface area contributed by atoms with Crippen LogP contribution in [0.25, 0.3) is 76.5 Å². The van der Waals surface area contributed by atoms with Gasteiger partial charge in [-0.15, -0.1) is 27.1 Å². The quantitative estimate of drug-likeness (QED) is 0.0253. The molecule has 13 aromatic rings. The van der Waals surface area contributed by atoms with Crippen LogP contribution in [0.2, 0.25) is 5.15 Å². The van der Waals surface area contributed by atoms with Crippen LogP contribution in [0, 0.1) is 28.6 Å². The van der Waals surface area contributed by atoms with Crippen LogP contribution >= 0.6 is 79.6 Å². The van der Waals surface area contributed by atoms with Crippen LogP contribution in [-0.4, -0.2) is 132 Å². The van der Waals surface area contributed by atoms with Crippen LogP contribution in [0.1, 0.15) is 65.1 Å². The van der Waals surface area contributed by atoms with E-state index in [-0.39, 0.29) is 41.1 Å². The fraction of sp³-hybridized carbons (Fsp3) is 0.254. The predicted octanol–water partition coefficient (Wildman–Crippen LogP) is 12.6. The van der Waals surface area contributed by atoms with Gasteiger partial charge in [0.2, 0.25) is 5.95 Å². The monoisotopic (exact) mass is 1560 g/mol. The number of nitriles is 2. The molecule has 11 heterocycles. The van der Waals surface area contributed by atoms with Crippen LogP contribution < -0.4 is 29.6 Å². The Hall–Kier alpha value is -8.27. The van der Waals surface area contributed by atoms with Crippen molar-refractivity contribution in [1.29, 1.82) is 10.5 Å². The molecule has 15 rings (SSSR count). The summed E-state index contributed by atoms with van der Waals surface area (Å²) in [5.74, 6) is 1.39. The van der Waals surface area contributed by atoms with Gasteiger partial charge >= 0.3 is 29.6 Å². The number of carbonyl (C=O) groups is 2. The number of Topliss-reactive ketones (excluding diaryl/α,β-unsaturated/α-hetero) is 2. The maximum absolute atomic E-state index is 13.0. The van der Waals surface area contributed by atoms with Crippen molar-refractivity contribution in [2.45, 2.75) is 78.0 Å². The number of rotatable bonds is 10. The topological polar surface area (TPSA) is 327 Å². The van der Waals surface area contributed by atoms with Crippen molar-refractivity contribution in [3.8, 4) is 12.1 Å². The summed E-state index contributed by atoms with van der Waals surface area (Å²) in [6.45, 7) is 5.45. The summed E-state index contributed by atoms with van der Waals surface area (Å²) in [5.41, 5.74) is 19.7. The average molecular weight is 1560 g/mol. The van der Waals surface area contributed by atoms with E-state index in [9.17, 15) is 28.9 Å². The molecule has 2 fully saturated rings. The summed E-state index contributed by atoms with van der Waals surface area (Å²) < 4.78 is 46.4. The Morgan fingerprint density at radius 3 is 1.55 bits per heavy atom. The van der Waals surface area contributed by atoms with Crippen molar-refractivity contribution in [2.75, 3.05) is 45.1 Å². The number of ether oxygens (including phenoxy) is 2. The third kappa shape index (κ3) is 21.6. The second-order valence-electron chi connectivity index (χ2n) is 21.4. The van der Waals surface area contributed by atoms with Crippen molar-refractivity contribution in [3.05, 3.63) is 205 Å². The van der Waals surface area contributed by atoms with Gasteiger partial charge in [0.15, 0.2) is 16.9 Å². The summed E-state index contributed by atoms with van der Waals surface area (Å²) in [6.07, 6.45) is 3.74. The van der Waals surface area contributed by atoms with Crippen molar-refractivity contribution in [1.82, 2.24) is 75.1 Å². The van der Waals surface area contributed by atoms with Crippen molar-refractivity contribution < 1.29 is 58.8 Å². The number of thiol groups is 1. The SMILES string of the molecule is Brc1ccc2c(ccc3nnnn32)c1.CC(=O)CCS.CC(=O)CCSc1ccc2c(ccc3nnnn32)c1.Clc1ccc2cc(Br)ccc2n1.N#CC1(c2cccc(F)n2)CCOCC1.N#CC1(c2cccc(Sc3ccc4c(ccc5nnnn54)c3)n2)CCOCC1.[2H]CF.[N-]=[N+]=[N-].[Na+]. The third-order valence-electron chi connectivity index (χ3n) is 15.0. The van der Waals surface area contributed by atoms with E-state index in [0.717, 1.165) is 95.8 Å². The van der Waals surface area contributed by atoms with Gasteiger partial charge in [-0.3, -0.25) is 18.9 Å². The summed E-state index contributed by atoms with van der Waals surface area (Å²) in [7, 11) is -1.00. The van der Waals surface area contributed by atoms with Crippen molar-refractivity contribution >= 4 is 152 Å². The number of nitrogens with zero attached hydrogens (tertiary/aromatic N) is 20. The summed E-state index contributed by atoms with van der Waals surface area (Å²) >= 11 is 19.7. The minimum atomic E-state index is -1.00. The number of pyridine rings is 6. The minimum absolute atomic E-state index is 0. The Morgan fingerprint density at radius 2 is 1.07 bits per heavy atom. The molecular weight excluding hydrogens is 1500 g/mol. The molecule has 2 saturated heterocycles. The number of hydrogen-bond acceptors (Lipinski definition) is 21. The summed E-state index contributed by atoms with van der Waals surface area (Å²) in [5, 5.41) is 59.5. The van der Waals surface area contributed by atoms with E-state index >= 15 is 0 Å². The zero-order valence-electron chi connectivity index (χ0n) is 54.9. The van der Waals surface area contributed by atoms with Gasteiger partial charge in [0, 0.05) is 85.3 Å². The molecule has 0 radical (unpaired) electrons. The molecule has 2 aliphatic rings. The van der Waals surface area contributed by atoms with Gasteiger partial charge in [0.05, 0.1) is 54.1 Å². The average Bonchev–Trinajstić information content (AvgIpc) is 1.80. The van der Waals surface area contributed by atoms with E-state index in [1.165, 1.54) is 11.0 Å². The van der Waals surface area contributed by atoms with Crippen molar-refractivity contribution in [2.24, 2.45) is 0 Å². The number of ketones is 2. The van der Waals surface area contributed by atoms with Gasteiger partial charge in [-0.2, -0.15) is 41.1 Å². The molecule has 100 heavy (non-hydrogen) atoms. The van der Waals surface area contributed by atoms with Gasteiger partial charge in [-0.1, -0.05) is 67.4 Å². The number of carbonyl (C=O) groups excluding carboxylic acids is 2. The Morgan fingerprint density at radius 1 is 0.630 bits per heavy atom. The number of alkyl halides is 1. The first-order valence-corrected chi connectivity index (χ1v) is 34.4. The molecule has 0 N–H and O–H groups in total. The molecular formula is C67H60Br2ClF2N20NaO4S3. The number of hydrogen-bond donors (Lipinski definition) is 1. The number of tetrazole rings is 3. The summed E-state index contributed by atoms with van der Waals surface area (Å²) in [6, 6.07) is 54.9. The molecule has 24 nitrogen and oxygen atoms in total. The first kappa shape index (κ1) is 77.5. The third-order valence-corrected chi connectivity index (χ3v) is 18.3. The van der Waals surface area contributed by atoms with E-state index < -0.39 is 23.9 Å². The smallest absolute Gasteiger partial charge is 0.381 e. The second-order valence-corrected chi connectivity index (χ2v) is 26.4. The fourth-order valence-corrected chi connectivity index (χ4v) is 13.1. The predicted molar refractivity (Wildman–Crippen MR) is 387 cm³/mol. The molecule has 0 unspecified atom stereocenters. The Bertz CT molecular complexity index is 5020. The molecule has 0 bridgehead atoms. The van der Waals surface area contributed by atoms with E-state index in [1.54, 1.807) is 69.1 Å². The number of benzene rings is 4. The Balaban J connectivity index is 0.000000174. The van der Waals surface area contributed by atoms with E-state index in [2.05, 4.69) is 125 Å². The van der Waals surface area contributed by atoms with Gasteiger partial charge in [0.1, 0.15) is 32.6 Å². The standard InChI is InChI=1S/C20H16N6OS.C13H12N4OS.C11H11FN2O.C9H5BrClN.C9H5BrN4.C4H8OS.CH3F.N3.Na/c21-13-20(8-10-27-11-9-20)17-2-1-3-19(22-17)28-15-5-6-16-14(12-15)4-7-18-23-24-25-26(16)18;1-9(18)6-7-19-11-3-4-12-10(8-11)2-5-13-14-15-16-17(12)13;12-10-3-1-2-9(14-10)11(8-13)4-6-15-7-5-11;10-7-2-3-8-6(5-7)1-4-9(11)12-8;10-7-2-3-8-6(5-7)1-4-9-11-12-13-14(8)9;1-4(5)2-3-6;1-2;1-3-2;/h1-7,12H,8-11H2;2-5,8H,6-7H2,1H3;1-3H,4-7H2;1-5H;1-5H;6H,2-3H2,1H3;1H3;;/q;;;;;;;-1;+1/i;;;;;;1D;;. The van der Waals surface area contributed by atoms with Crippen molar-refractivity contribution in [3.63, 3.8) is 0 Å². The largest absolute Gasteiger partial charge is 1.00 e. The van der Waals surface area contributed by atoms with Gasteiger partial charge in [-0.25, -0.2) is 15.0 Å². The summed E-state index contributed by atoms with van der Waals surface area (Å²) in [4.78, 5) is 37.4. The molecule has 0 aliphatic carbocycles. The molecule has 33 heteroatoms. The Labute approximate surface area is 631 Å². The van der Waals surface area contributed by atoms with Gasteiger partial charge < -0.3 is 20.5 Å². The zero-order chi connectivity index (χ0) is 71.4. The first-order chi connectivity index (χ1) is 48.5. The zero-order valence-corrected chi connectivity index (χ0v) is 62.4. The van der Waals surface area contributed by atoms with Crippen LogP contribution in [0.3, 0.4) is 0 Å². The van der Waals surface area contributed by atoms with Crippen LogP contribution in [-0.2, 0) is 29.9 Å². The van der Waals surface area contributed by atoms with Gasteiger partial charge in [0.25, 0.3) is 0 Å². The molecule has 4 aromatic carbocycles. The molecule has 506 valence electrons. The number of aromatic nitrogens is 15. The maximum Gasteiger partial charge on any atom is 1.00 e. The number of halogens is 5. The number of fused-ring (bicyclic) bond motifs is 10. The molecule has 0 amide bonds. The molecule has 0 spiro atoms. The number of thioether (sulfide) groups is 1. The fourth-order valence-electron chi connectivity index (χ4n) is 9.99. The van der Waals surface area contributed by atoms with Gasteiger partial charge in [-0.05, 0) is 222 Å². The first-order valence-electron chi connectivity index (χ1n) is 30.7. The molecule has 9 aromatic heterocycles. The second kappa shape index (κ2) is 39.7. The van der Waals surface area contributed by atoms with E-state index in [0.29, 0.717) is 81.6 Å². The Kier molecular flexibility index (Phi) is 30.7. The normalized spacial score (nSPS) is 13.2. The maximum atomic E-state index is 13.0. The minimum Gasteiger partial charge on any atom is -0.381 e. The van der Waals surface area contributed by atoms with Crippen LogP contribution in [0.5, 0.6) is 0 Å². The van der Waals surface area contributed by atoms with E-state index in [1.807, 2.05) is 121 Å². The molecule has 2 aliphatic heterocycles. The van der Waals surface area contributed by atoms with E-state index in [4.69, 9.17) is 38.5 Å². The van der Waals surface area contributed by atoms with Crippen LogP contribution in [0.4, 0.5) is 8.78 Å². The van der Waals surface area contributed by atoms with Crippen LogP contribution in [0.15, 0.2) is 181 Å². The molecule has 0 atom stereocenters. The molecule has 0 saturated carbocycles.